The molecular weight excluding hydrogens is 190 g/mol. The lowest BCUT2D eigenvalue weighted by Crippen LogP contribution is -1.97. The molecule has 3 heteroatoms. The van der Waals surface area contributed by atoms with E-state index in [0.29, 0.717) is 5.56 Å². The molecule has 1 heterocycles. The smallest absolute Gasteiger partial charge is 0.335 e. The molecule has 1 N–H and O–H groups in total. The Morgan fingerprint density at radius 3 is 2.67 bits per heavy atom. The van der Waals surface area contributed by atoms with Crippen molar-refractivity contribution in [1.29, 1.82) is 0 Å². The second-order valence-electron chi connectivity index (χ2n) is 3.62. The third kappa shape index (κ3) is 1.68. The minimum atomic E-state index is -0.906. The monoisotopic (exact) mass is 201 g/mol. The highest BCUT2D eigenvalue weighted by molar-refractivity contribution is 5.94. The van der Waals surface area contributed by atoms with Gasteiger partial charge in [0.2, 0.25) is 0 Å². The lowest BCUT2D eigenvalue weighted by molar-refractivity contribution is 0.0697. The summed E-state index contributed by atoms with van der Waals surface area (Å²) in [6, 6.07) is 6.95. The van der Waals surface area contributed by atoms with Crippen LogP contribution in [0, 0.1) is 13.8 Å². The second-order valence-corrected chi connectivity index (χ2v) is 3.62. The summed E-state index contributed by atoms with van der Waals surface area (Å²) in [5, 5.41) is 9.77. The second kappa shape index (κ2) is 3.35. The van der Waals surface area contributed by atoms with Crippen molar-refractivity contribution in [3.63, 3.8) is 0 Å². The van der Waals surface area contributed by atoms with Crippen molar-refractivity contribution in [1.82, 2.24) is 4.98 Å². The summed E-state index contributed by atoms with van der Waals surface area (Å²) in [4.78, 5) is 15.1. The predicted molar refractivity (Wildman–Crippen MR) is 58.2 cm³/mol. The van der Waals surface area contributed by atoms with Crippen LogP contribution in [-0.4, -0.2) is 16.1 Å². The maximum atomic E-state index is 10.8. The van der Waals surface area contributed by atoms with E-state index in [0.717, 1.165) is 22.2 Å². The van der Waals surface area contributed by atoms with E-state index >= 15 is 0 Å². The Morgan fingerprint density at radius 1 is 1.27 bits per heavy atom. The standard InChI is InChI=1S/C12H11NO2/c1-7-5-8(2)13-11-4-3-9(12(14)15)6-10(7)11/h3-6H,1-2H3,(H,14,15). The number of hydrogen-bond acceptors (Lipinski definition) is 2. The van der Waals surface area contributed by atoms with Gasteiger partial charge in [0, 0.05) is 11.1 Å². The molecule has 0 saturated carbocycles. The number of benzene rings is 1. The number of carboxylic acid groups (broad SMARTS) is 1. The number of carboxylic acids is 1. The van der Waals surface area contributed by atoms with Gasteiger partial charge in [-0.2, -0.15) is 0 Å². The number of pyridine rings is 1. The number of hydrogen-bond donors (Lipinski definition) is 1. The van der Waals surface area contributed by atoms with E-state index in [2.05, 4.69) is 4.98 Å². The molecule has 0 aliphatic heterocycles. The fraction of sp³-hybridized carbons (Fsp3) is 0.167. The van der Waals surface area contributed by atoms with Crippen molar-refractivity contribution in [2.45, 2.75) is 13.8 Å². The van der Waals surface area contributed by atoms with Gasteiger partial charge in [-0.3, -0.25) is 4.98 Å². The number of aryl methyl sites for hydroxylation is 2. The Balaban J connectivity index is 2.76. The molecular formula is C12H11NO2. The van der Waals surface area contributed by atoms with Gasteiger partial charge in [0.1, 0.15) is 0 Å². The molecule has 0 saturated heterocycles. The molecule has 2 rings (SSSR count). The lowest BCUT2D eigenvalue weighted by Gasteiger charge is -2.04. The van der Waals surface area contributed by atoms with Crippen LogP contribution in [0.4, 0.5) is 0 Å². The number of fused-ring (bicyclic) bond motifs is 1. The summed E-state index contributed by atoms with van der Waals surface area (Å²) in [6.45, 7) is 3.89. The van der Waals surface area contributed by atoms with Crippen LogP contribution in [0.1, 0.15) is 21.6 Å². The highest BCUT2D eigenvalue weighted by Gasteiger charge is 2.06. The van der Waals surface area contributed by atoms with Gasteiger partial charge in [0.25, 0.3) is 0 Å². The van der Waals surface area contributed by atoms with Gasteiger partial charge < -0.3 is 5.11 Å². The molecule has 0 aliphatic carbocycles. The maximum Gasteiger partial charge on any atom is 0.335 e. The molecule has 3 nitrogen and oxygen atoms in total. The first-order valence-electron chi connectivity index (χ1n) is 4.69. The minimum absolute atomic E-state index is 0.302. The number of carbonyl (C=O) groups is 1. The van der Waals surface area contributed by atoms with E-state index in [9.17, 15) is 4.79 Å². The average molecular weight is 201 g/mol. The van der Waals surface area contributed by atoms with Crippen LogP contribution >= 0.6 is 0 Å². The first-order chi connectivity index (χ1) is 7.08. The first-order valence-corrected chi connectivity index (χ1v) is 4.69. The van der Waals surface area contributed by atoms with Crippen molar-refractivity contribution < 1.29 is 9.90 Å². The number of rotatable bonds is 1. The lowest BCUT2D eigenvalue weighted by atomic mass is 10.1. The molecule has 0 atom stereocenters. The molecule has 0 aliphatic rings. The van der Waals surface area contributed by atoms with E-state index in [1.807, 2.05) is 19.9 Å². The van der Waals surface area contributed by atoms with Crippen LogP contribution in [0.25, 0.3) is 10.9 Å². The number of aromatic nitrogens is 1. The number of nitrogens with zero attached hydrogens (tertiary/aromatic N) is 1. The Morgan fingerprint density at radius 2 is 2.00 bits per heavy atom. The highest BCUT2D eigenvalue weighted by Crippen LogP contribution is 2.19. The molecule has 0 bridgehead atoms. The summed E-state index contributed by atoms with van der Waals surface area (Å²) in [6.07, 6.45) is 0. The summed E-state index contributed by atoms with van der Waals surface area (Å²) in [5.74, 6) is -0.906. The Hall–Kier alpha value is -1.90. The van der Waals surface area contributed by atoms with Crippen molar-refractivity contribution in [3.05, 3.63) is 41.1 Å². The molecule has 0 fully saturated rings. The molecule has 0 radical (unpaired) electrons. The van der Waals surface area contributed by atoms with Crippen LogP contribution in [-0.2, 0) is 0 Å². The molecule has 1 aromatic carbocycles. The van der Waals surface area contributed by atoms with Crippen molar-refractivity contribution in [2.75, 3.05) is 0 Å². The highest BCUT2D eigenvalue weighted by atomic mass is 16.4. The number of aromatic carboxylic acids is 1. The SMILES string of the molecule is Cc1cc(C)c2cc(C(=O)O)ccc2n1. The van der Waals surface area contributed by atoms with Gasteiger partial charge >= 0.3 is 5.97 Å². The van der Waals surface area contributed by atoms with E-state index in [-0.39, 0.29) is 0 Å². The van der Waals surface area contributed by atoms with E-state index < -0.39 is 5.97 Å². The zero-order valence-corrected chi connectivity index (χ0v) is 8.61. The van der Waals surface area contributed by atoms with Gasteiger partial charge in [0.05, 0.1) is 11.1 Å². The Bertz CT molecular complexity index is 547. The van der Waals surface area contributed by atoms with E-state index in [1.54, 1.807) is 18.2 Å². The maximum absolute atomic E-state index is 10.8. The first kappa shape index (κ1) is 9.65. The van der Waals surface area contributed by atoms with Crippen LogP contribution < -0.4 is 0 Å². The third-order valence-electron chi connectivity index (χ3n) is 2.39. The summed E-state index contributed by atoms with van der Waals surface area (Å²) >= 11 is 0. The molecule has 1 aromatic heterocycles. The van der Waals surface area contributed by atoms with Gasteiger partial charge in [-0.1, -0.05) is 0 Å². The fourth-order valence-corrected chi connectivity index (χ4v) is 1.70. The van der Waals surface area contributed by atoms with E-state index in [4.69, 9.17) is 5.11 Å². The topological polar surface area (TPSA) is 50.2 Å². The van der Waals surface area contributed by atoms with E-state index in [1.165, 1.54) is 0 Å². The fourth-order valence-electron chi connectivity index (χ4n) is 1.70. The molecule has 0 amide bonds. The van der Waals surface area contributed by atoms with Gasteiger partial charge in [-0.15, -0.1) is 0 Å². The Labute approximate surface area is 87.4 Å². The van der Waals surface area contributed by atoms with Crippen molar-refractivity contribution in [2.24, 2.45) is 0 Å². The van der Waals surface area contributed by atoms with Gasteiger partial charge in [0.15, 0.2) is 0 Å². The zero-order valence-electron chi connectivity index (χ0n) is 8.61. The van der Waals surface area contributed by atoms with Crippen LogP contribution in [0.2, 0.25) is 0 Å². The Kier molecular flexibility index (Phi) is 2.15. The third-order valence-corrected chi connectivity index (χ3v) is 2.39. The summed E-state index contributed by atoms with van der Waals surface area (Å²) in [5.41, 5.74) is 3.15. The molecule has 0 spiro atoms. The normalized spacial score (nSPS) is 10.5. The molecule has 15 heavy (non-hydrogen) atoms. The molecule has 76 valence electrons. The van der Waals surface area contributed by atoms with Gasteiger partial charge in [-0.25, -0.2) is 4.79 Å². The van der Waals surface area contributed by atoms with Crippen LogP contribution in [0.3, 0.4) is 0 Å². The van der Waals surface area contributed by atoms with Crippen molar-refractivity contribution in [3.8, 4) is 0 Å². The summed E-state index contributed by atoms with van der Waals surface area (Å²) < 4.78 is 0. The predicted octanol–water partition coefficient (Wildman–Crippen LogP) is 2.55. The average Bonchev–Trinajstić information content (AvgIpc) is 2.16. The van der Waals surface area contributed by atoms with Crippen molar-refractivity contribution >= 4 is 16.9 Å². The summed E-state index contributed by atoms with van der Waals surface area (Å²) in [7, 11) is 0. The molecule has 2 aromatic rings. The molecule has 0 unspecified atom stereocenters. The zero-order chi connectivity index (χ0) is 11.0. The van der Waals surface area contributed by atoms with Crippen LogP contribution in [0.15, 0.2) is 24.3 Å². The van der Waals surface area contributed by atoms with Gasteiger partial charge in [-0.05, 0) is 43.7 Å². The quantitative estimate of drug-likeness (QED) is 0.771. The van der Waals surface area contributed by atoms with Crippen LogP contribution in [0.5, 0.6) is 0 Å². The minimum Gasteiger partial charge on any atom is -0.478 e. The largest absolute Gasteiger partial charge is 0.478 e.